The topological polar surface area (TPSA) is 6.48 Å². The second kappa shape index (κ2) is 7.77. The standard InChI is InChI=1S/C26H26N2/c1-27(2)23-16-13-21(14-17-23)25(20-9-5-4-6-10-20)19-24-18-15-22-11-7-8-12-26(22)28(24)3/h4-19,25H,1-3H3/b24-19+/t25-/m1/s1. The number of anilines is 2. The van der Waals surface area contributed by atoms with E-state index >= 15 is 0 Å². The number of benzene rings is 3. The van der Waals surface area contributed by atoms with Crippen molar-refractivity contribution in [2.75, 3.05) is 30.9 Å². The summed E-state index contributed by atoms with van der Waals surface area (Å²) in [5.41, 5.74) is 7.52. The van der Waals surface area contributed by atoms with Crippen LogP contribution < -0.4 is 9.80 Å². The third-order valence-electron chi connectivity index (χ3n) is 5.38. The van der Waals surface area contributed by atoms with Crippen LogP contribution in [0.3, 0.4) is 0 Å². The summed E-state index contributed by atoms with van der Waals surface area (Å²) in [7, 11) is 6.29. The Labute approximate surface area is 168 Å². The van der Waals surface area contributed by atoms with E-state index in [9.17, 15) is 0 Å². The fourth-order valence-corrected chi connectivity index (χ4v) is 3.72. The number of likely N-dealkylation sites (N-methyl/N-ethyl adjacent to an activating group) is 1. The first-order valence-corrected chi connectivity index (χ1v) is 9.68. The Bertz CT molecular complexity index is 998. The van der Waals surface area contributed by atoms with E-state index in [4.69, 9.17) is 0 Å². The summed E-state index contributed by atoms with van der Waals surface area (Å²) in [6.45, 7) is 0. The Morgan fingerprint density at radius 2 is 1.39 bits per heavy atom. The summed E-state index contributed by atoms with van der Waals surface area (Å²) < 4.78 is 0. The Balaban J connectivity index is 1.76. The molecule has 0 aliphatic carbocycles. The molecule has 2 heteroatoms. The number of nitrogens with zero attached hydrogens (tertiary/aromatic N) is 2. The fraction of sp³-hybridized carbons (Fsp3) is 0.154. The summed E-state index contributed by atoms with van der Waals surface area (Å²) in [5, 5.41) is 0. The maximum Gasteiger partial charge on any atom is 0.0481 e. The van der Waals surface area contributed by atoms with E-state index < -0.39 is 0 Å². The van der Waals surface area contributed by atoms with Crippen molar-refractivity contribution in [3.8, 4) is 0 Å². The Hall–Kier alpha value is -3.26. The molecule has 0 amide bonds. The van der Waals surface area contributed by atoms with E-state index in [-0.39, 0.29) is 5.92 Å². The molecule has 0 saturated carbocycles. The molecular weight excluding hydrogens is 340 g/mol. The lowest BCUT2D eigenvalue weighted by atomic mass is 9.89. The van der Waals surface area contributed by atoms with E-state index in [2.05, 4.69) is 128 Å². The average Bonchev–Trinajstić information content (AvgIpc) is 2.74. The maximum absolute atomic E-state index is 2.37. The van der Waals surface area contributed by atoms with Crippen molar-refractivity contribution in [2.24, 2.45) is 0 Å². The first kappa shape index (κ1) is 18.1. The molecule has 1 atom stereocenters. The molecule has 0 bridgehead atoms. The number of fused-ring (bicyclic) bond motifs is 1. The molecule has 3 aromatic carbocycles. The van der Waals surface area contributed by atoms with E-state index in [0.29, 0.717) is 0 Å². The van der Waals surface area contributed by atoms with Gasteiger partial charge in [0.2, 0.25) is 0 Å². The van der Waals surface area contributed by atoms with Crippen LogP contribution in [0.1, 0.15) is 22.6 Å². The predicted octanol–water partition coefficient (Wildman–Crippen LogP) is 5.93. The molecule has 3 aromatic rings. The summed E-state index contributed by atoms with van der Waals surface area (Å²) in [6.07, 6.45) is 6.79. The smallest absolute Gasteiger partial charge is 0.0481 e. The van der Waals surface area contributed by atoms with Crippen LogP contribution in [0.5, 0.6) is 0 Å². The van der Waals surface area contributed by atoms with Crippen LogP contribution in [0.2, 0.25) is 0 Å². The van der Waals surface area contributed by atoms with E-state index in [0.717, 1.165) is 0 Å². The van der Waals surface area contributed by atoms with Crippen molar-refractivity contribution >= 4 is 17.5 Å². The minimum absolute atomic E-state index is 0.199. The van der Waals surface area contributed by atoms with Gasteiger partial charge >= 0.3 is 0 Å². The van der Waals surface area contributed by atoms with Crippen molar-refractivity contribution in [1.29, 1.82) is 0 Å². The third kappa shape index (κ3) is 3.59. The number of rotatable bonds is 4. The number of allylic oxidation sites excluding steroid dienone is 2. The van der Waals surface area contributed by atoms with Gasteiger partial charge in [0.25, 0.3) is 0 Å². The highest BCUT2D eigenvalue weighted by atomic mass is 15.1. The average molecular weight is 367 g/mol. The normalized spacial score (nSPS) is 15.4. The van der Waals surface area contributed by atoms with Gasteiger partial charge in [-0.25, -0.2) is 0 Å². The van der Waals surface area contributed by atoms with Crippen LogP contribution >= 0.6 is 0 Å². The highest BCUT2D eigenvalue weighted by molar-refractivity contribution is 5.76. The second-order valence-corrected chi connectivity index (χ2v) is 7.42. The van der Waals surface area contributed by atoms with Gasteiger partial charge in [-0.2, -0.15) is 0 Å². The van der Waals surface area contributed by atoms with Crippen molar-refractivity contribution in [3.05, 3.63) is 113 Å². The molecule has 0 spiro atoms. The predicted molar refractivity (Wildman–Crippen MR) is 121 cm³/mol. The molecule has 0 fully saturated rings. The molecule has 0 N–H and O–H groups in total. The summed E-state index contributed by atoms with van der Waals surface area (Å²) in [4.78, 5) is 4.41. The lowest BCUT2D eigenvalue weighted by Crippen LogP contribution is -2.19. The fourth-order valence-electron chi connectivity index (χ4n) is 3.72. The lowest BCUT2D eigenvalue weighted by molar-refractivity contribution is 0.988. The summed E-state index contributed by atoms with van der Waals surface area (Å²) in [6, 6.07) is 28.1. The number of hydrogen-bond donors (Lipinski definition) is 0. The van der Waals surface area contributed by atoms with Gasteiger partial charge in [-0.1, -0.05) is 66.7 Å². The summed E-state index contributed by atoms with van der Waals surface area (Å²) >= 11 is 0. The van der Waals surface area contributed by atoms with Crippen molar-refractivity contribution in [1.82, 2.24) is 0 Å². The van der Waals surface area contributed by atoms with Crippen molar-refractivity contribution in [2.45, 2.75) is 5.92 Å². The van der Waals surface area contributed by atoms with E-state index in [1.807, 2.05) is 0 Å². The quantitative estimate of drug-likeness (QED) is 0.564. The van der Waals surface area contributed by atoms with Crippen LogP contribution in [0.25, 0.3) is 6.08 Å². The molecule has 140 valence electrons. The minimum atomic E-state index is 0.199. The molecule has 0 aromatic heterocycles. The second-order valence-electron chi connectivity index (χ2n) is 7.42. The zero-order valence-electron chi connectivity index (χ0n) is 16.7. The zero-order chi connectivity index (χ0) is 19.5. The molecule has 1 aliphatic heterocycles. The largest absolute Gasteiger partial charge is 0.378 e. The third-order valence-corrected chi connectivity index (χ3v) is 5.38. The van der Waals surface area contributed by atoms with Crippen LogP contribution in [0.4, 0.5) is 11.4 Å². The number of hydrogen-bond acceptors (Lipinski definition) is 2. The molecular formula is C26H26N2. The maximum atomic E-state index is 2.37. The van der Waals surface area contributed by atoms with Gasteiger partial charge < -0.3 is 9.80 Å². The van der Waals surface area contributed by atoms with Gasteiger partial charge in [-0.05, 0) is 47.0 Å². The molecule has 1 aliphatic rings. The monoisotopic (exact) mass is 366 g/mol. The van der Waals surface area contributed by atoms with Crippen LogP contribution in [0, 0.1) is 0 Å². The zero-order valence-corrected chi connectivity index (χ0v) is 16.7. The minimum Gasteiger partial charge on any atom is -0.378 e. The van der Waals surface area contributed by atoms with Gasteiger partial charge in [-0.15, -0.1) is 0 Å². The number of para-hydroxylation sites is 1. The van der Waals surface area contributed by atoms with Gasteiger partial charge in [0, 0.05) is 44.1 Å². The van der Waals surface area contributed by atoms with E-state index in [1.54, 1.807) is 0 Å². The highest BCUT2D eigenvalue weighted by Gasteiger charge is 2.17. The SMILES string of the molecule is CN(C)c1ccc([C@H](/C=C2\C=Cc3ccccc3N2C)c2ccccc2)cc1. The Morgan fingerprint density at radius 3 is 2.11 bits per heavy atom. The Morgan fingerprint density at radius 1 is 0.750 bits per heavy atom. The van der Waals surface area contributed by atoms with Gasteiger partial charge in [-0.3, -0.25) is 0 Å². The molecule has 1 heterocycles. The summed E-state index contributed by atoms with van der Waals surface area (Å²) in [5.74, 6) is 0.199. The first-order valence-electron chi connectivity index (χ1n) is 9.68. The molecule has 2 nitrogen and oxygen atoms in total. The van der Waals surface area contributed by atoms with Crippen molar-refractivity contribution < 1.29 is 0 Å². The molecule has 0 unspecified atom stereocenters. The van der Waals surface area contributed by atoms with Gasteiger partial charge in [0.05, 0.1) is 0 Å². The van der Waals surface area contributed by atoms with Gasteiger partial charge in [0.15, 0.2) is 0 Å². The van der Waals surface area contributed by atoms with Crippen LogP contribution in [0.15, 0.2) is 96.7 Å². The lowest BCUT2D eigenvalue weighted by Gasteiger charge is -2.28. The molecule has 0 radical (unpaired) electrons. The van der Waals surface area contributed by atoms with Gasteiger partial charge in [0.1, 0.15) is 0 Å². The molecule has 28 heavy (non-hydrogen) atoms. The van der Waals surface area contributed by atoms with Crippen LogP contribution in [-0.2, 0) is 0 Å². The molecule has 0 saturated heterocycles. The van der Waals surface area contributed by atoms with E-state index in [1.165, 1.54) is 33.8 Å². The first-order chi connectivity index (χ1) is 13.6. The Kier molecular flexibility index (Phi) is 5.03. The highest BCUT2D eigenvalue weighted by Crippen LogP contribution is 2.34. The van der Waals surface area contributed by atoms with Crippen LogP contribution in [-0.4, -0.2) is 21.1 Å². The van der Waals surface area contributed by atoms with Crippen molar-refractivity contribution in [3.63, 3.8) is 0 Å². The molecule has 4 rings (SSSR count).